The lowest BCUT2D eigenvalue weighted by Crippen LogP contribution is -2.20. The van der Waals surface area contributed by atoms with E-state index in [1.165, 1.54) is 18.3 Å². The van der Waals surface area contributed by atoms with Crippen LogP contribution < -0.4 is 10.5 Å². The zero-order valence-corrected chi connectivity index (χ0v) is 13.0. The van der Waals surface area contributed by atoms with Gasteiger partial charge in [0.05, 0.1) is 0 Å². The summed E-state index contributed by atoms with van der Waals surface area (Å²) in [5.41, 5.74) is 5.29. The van der Waals surface area contributed by atoms with E-state index in [0.717, 1.165) is 38.1 Å². The first-order valence-corrected chi connectivity index (χ1v) is 7.67. The molecule has 5 nitrogen and oxygen atoms in total. The molecule has 2 aromatic rings. The van der Waals surface area contributed by atoms with Gasteiger partial charge in [-0.2, -0.15) is 0 Å². The first-order valence-electron chi connectivity index (χ1n) is 7.67. The van der Waals surface area contributed by atoms with Crippen LogP contribution in [-0.2, 0) is 6.54 Å². The van der Waals surface area contributed by atoms with E-state index < -0.39 is 17.5 Å². The molecule has 0 atom stereocenters. The molecule has 0 bridgehead atoms. The second-order valence-electron chi connectivity index (χ2n) is 5.67. The van der Waals surface area contributed by atoms with E-state index in [-0.39, 0.29) is 29.3 Å². The number of rotatable bonds is 5. The molecule has 24 heavy (non-hydrogen) atoms. The molecule has 1 fully saturated rings. The van der Waals surface area contributed by atoms with Gasteiger partial charge in [-0.1, -0.05) is 0 Å². The minimum Gasteiger partial charge on any atom is -0.438 e. The van der Waals surface area contributed by atoms with Gasteiger partial charge in [0.25, 0.3) is 5.91 Å². The first-order chi connectivity index (χ1) is 11.5. The van der Waals surface area contributed by atoms with Crippen LogP contribution in [0.5, 0.6) is 11.6 Å². The first kappa shape index (κ1) is 16.3. The molecule has 1 saturated heterocycles. The molecule has 126 valence electrons. The van der Waals surface area contributed by atoms with E-state index in [9.17, 15) is 13.6 Å². The molecule has 0 saturated carbocycles. The van der Waals surface area contributed by atoms with Gasteiger partial charge in [0.1, 0.15) is 22.9 Å². The van der Waals surface area contributed by atoms with Crippen molar-refractivity contribution in [3.8, 4) is 11.6 Å². The van der Waals surface area contributed by atoms with E-state index in [2.05, 4.69) is 4.98 Å². The average Bonchev–Trinajstić information content (AvgIpc) is 3.04. The highest BCUT2D eigenvalue weighted by Crippen LogP contribution is 2.27. The van der Waals surface area contributed by atoms with Crippen LogP contribution in [0.2, 0.25) is 0 Å². The number of likely N-dealkylation sites (tertiary alicyclic amines) is 1. The molecular weight excluding hydrogens is 316 g/mol. The minimum absolute atomic E-state index is 0.0143. The number of aromatic nitrogens is 1. The van der Waals surface area contributed by atoms with Crippen molar-refractivity contribution < 1.29 is 18.3 Å². The van der Waals surface area contributed by atoms with Gasteiger partial charge < -0.3 is 10.5 Å². The fraction of sp³-hybridized carbons (Fsp3) is 0.294. The molecule has 0 unspecified atom stereocenters. The zero-order chi connectivity index (χ0) is 17.1. The van der Waals surface area contributed by atoms with E-state index in [0.29, 0.717) is 0 Å². The molecule has 0 aliphatic carbocycles. The number of hydrogen-bond donors (Lipinski definition) is 1. The quantitative estimate of drug-likeness (QED) is 0.913. The predicted octanol–water partition coefficient (Wildman–Crippen LogP) is 2.85. The number of ether oxygens (including phenoxy) is 1. The largest absolute Gasteiger partial charge is 0.438 e. The number of carbonyl (C=O) groups excluding carboxylic acids is 1. The Kier molecular flexibility index (Phi) is 4.71. The number of pyridine rings is 1. The Morgan fingerprint density at radius 3 is 2.54 bits per heavy atom. The second kappa shape index (κ2) is 6.92. The molecule has 1 aliphatic heterocycles. The summed E-state index contributed by atoms with van der Waals surface area (Å²) in [4.78, 5) is 17.2. The van der Waals surface area contributed by atoms with Crippen molar-refractivity contribution in [2.45, 2.75) is 19.4 Å². The molecule has 1 aromatic heterocycles. The maximum atomic E-state index is 14.3. The number of primary amides is 1. The second-order valence-corrected chi connectivity index (χ2v) is 5.67. The number of amides is 1. The number of carbonyl (C=O) groups is 1. The smallest absolute Gasteiger partial charge is 0.254 e. The molecular formula is C17H17F2N3O2. The van der Waals surface area contributed by atoms with Crippen molar-refractivity contribution in [2.75, 3.05) is 13.1 Å². The highest BCUT2D eigenvalue weighted by atomic mass is 19.1. The van der Waals surface area contributed by atoms with Crippen molar-refractivity contribution in [2.24, 2.45) is 5.73 Å². The normalized spacial score (nSPS) is 14.8. The lowest BCUT2D eigenvalue weighted by Gasteiger charge is -2.16. The summed E-state index contributed by atoms with van der Waals surface area (Å²) < 4.78 is 33.9. The van der Waals surface area contributed by atoms with E-state index >= 15 is 0 Å². The summed E-state index contributed by atoms with van der Waals surface area (Å²) in [5.74, 6) is -2.26. The van der Waals surface area contributed by atoms with Crippen LogP contribution >= 0.6 is 0 Å². The van der Waals surface area contributed by atoms with Crippen LogP contribution in [0.3, 0.4) is 0 Å². The van der Waals surface area contributed by atoms with Gasteiger partial charge in [-0.15, -0.1) is 0 Å². The lowest BCUT2D eigenvalue weighted by atomic mass is 10.1. The van der Waals surface area contributed by atoms with Gasteiger partial charge in [-0.05, 0) is 38.1 Å². The summed E-state index contributed by atoms with van der Waals surface area (Å²) >= 11 is 0. The molecule has 2 N–H and O–H groups in total. The van der Waals surface area contributed by atoms with Gasteiger partial charge in [-0.25, -0.2) is 13.8 Å². The van der Waals surface area contributed by atoms with Crippen LogP contribution in [0.15, 0.2) is 30.5 Å². The third-order valence-electron chi connectivity index (χ3n) is 3.95. The summed E-state index contributed by atoms with van der Waals surface area (Å²) in [6.45, 7) is 1.91. The molecule has 1 amide bonds. The summed E-state index contributed by atoms with van der Waals surface area (Å²) in [6, 6.07) is 5.13. The molecule has 2 heterocycles. The van der Waals surface area contributed by atoms with Crippen LogP contribution in [0.4, 0.5) is 8.78 Å². The molecule has 1 aromatic carbocycles. The molecule has 7 heteroatoms. The number of nitrogens with zero attached hydrogens (tertiary/aromatic N) is 2. The highest BCUT2D eigenvalue weighted by Gasteiger charge is 2.19. The SMILES string of the molecule is NC(=O)c1cccnc1Oc1cc(F)c(CN2CCCC2)c(F)c1. The summed E-state index contributed by atoms with van der Waals surface area (Å²) in [6.07, 6.45) is 3.48. The van der Waals surface area contributed by atoms with Gasteiger partial charge in [-0.3, -0.25) is 9.69 Å². The number of hydrogen-bond acceptors (Lipinski definition) is 4. The third kappa shape index (κ3) is 3.51. The van der Waals surface area contributed by atoms with Gasteiger partial charge >= 0.3 is 0 Å². The fourth-order valence-electron chi connectivity index (χ4n) is 2.73. The van der Waals surface area contributed by atoms with E-state index in [1.54, 1.807) is 0 Å². The average molecular weight is 333 g/mol. The monoisotopic (exact) mass is 333 g/mol. The third-order valence-corrected chi connectivity index (χ3v) is 3.95. The maximum Gasteiger partial charge on any atom is 0.254 e. The van der Waals surface area contributed by atoms with Crippen LogP contribution in [0.25, 0.3) is 0 Å². The van der Waals surface area contributed by atoms with E-state index in [4.69, 9.17) is 10.5 Å². The molecule has 0 spiro atoms. The minimum atomic E-state index is -0.732. The fourth-order valence-corrected chi connectivity index (χ4v) is 2.73. The van der Waals surface area contributed by atoms with E-state index in [1.807, 2.05) is 4.90 Å². The Balaban J connectivity index is 1.84. The topological polar surface area (TPSA) is 68.5 Å². The lowest BCUT2D eigenvalue weighted by molar-refractivity contribution is 0.0997. The Labute approximate surface area is 138 Å². The Morgan fingerprint density at radius 1 is 1.25 bits per heavy atom. The summed E-state index contributed by atoms with van der Waals surface area (Å²) in [7, 11) is 0. The number of nitrogens with two attached hydrogens (primary N) is 1. The van der Waals surface area contributed by atoms with Gasteiger partial charge in [0.15, 0.2) is 0 Å². The Bertz CT molecular complexity index is 738. The van der Waals surface area contributed by atoms with Gasteiger partial charge in [0.2, 0.25) is 5.88 Å². The zero-order valence-electron chi connectivity index (χ0n) is 13.0. The van der Waals surface area contributed by atoms with Crippen molar-refractivity contribution in [1.82, 2.24) is 9.88 Å². The van der Waals surface area contributed by atoms with Crippen LogP contribution in [0.1, 0.15) is 28.8 Å². The predicted molar refractivity (Wildman–Crippen MR) is 83.7 cm³/mol. The van der Waals surface area contributed by atoms with Crippen molar-refractivity contribution in [3.63, 3.8) is 0 Å². The number of halogens is 2. The van der Waals surface area contributed by atoms with Crippen molar-refractivity contribution >= 4 is 5.91 Å². The van der Waals surface area contributed by atoms with Gasteiger partial charge in [0, 0.05) is 30.4 Å². The highest BCUT2D eigenvalue weighted by molar-refractivity contribution is 5.95. The molecule has 1 aliphatic rings. The molecule has 0 radical (unpaired) electrons. The van der Waals surface area contributed by atoms with Crippen molar-refractivity contribution in [1.29, 1.82) is 0 Å². The Morgan fingerprint density at radius 2 is 1.92 bits per heavy atom. The Hall–Kier alpha value is -2.54. The summed E-state index contributed by atoms with van der Waals surface area (Å²) in [5, 5.41) is 0. The standard InChI is InChI=1S/C17H17F2N3O2/c18-14-8-11(24-17-12(16(20)23)4-3-5-21-17)9-15(19)13(14)10-22-6-1-2-7-22/h3-5,8-9H,1-2,6-7,10H2,(H2,20,23). The van der Waals surface area contributed by atoms with Crippen molar-refractivity contribution in [3.05, 3.63) is 53.2 Å². The van der Waals surface area contributed by atoms with Crippen LogP contribution in [-0.4, -0.2) is 28.9 Å². The maximum absolute atomic E-state index is 14.3. The number of benzene rings is 1. The van der Waals surface area contributed by atoms with Crippen LogP contribution in [0, 0.1) is 11.6 Å². The molecule has 3 rings (SSSR count).